The van der Waals surface area contributed by atoms with Crippen molar-refractivity contribution in [3.8, 4) is 5.75 Å². The van der Waals surface area contributed by atoms with Crippen molar-refractivity contribution in [3.05, 3.63) is 24.3 Å². The van der Waals surface area contributed by atoms with Gasteiger partial charge in [-0.25, -0.2) is 13.1 Å². The van der Waals surface area contributed by atoms with E-state index in [-0.39, 0.29) is 23.3 Å². The normalized spacial score (nSPS) is 17.3. The van der Waals surface area contributed by atoms with Crippen molar-refractivity contribution in [2.45, 2.75) is 50.0 Å². The number of nitrogens with one attached hydrogen (secondary N) is 1. The van der Waals surface area contributed by atoms with Gasteiger partial charge in [0.1, 0.15) is 5.75 Å². The lowest BCUT2D eigenvalue weighted by Gasteiger charge is -2.29. The molecule has 3 N–H and O–H groups in total. The number of hydrogen-bond donors (Lipinski definition) is 2. The average molecular weight is 363 g/mol. The molecular formula is C16H27ClN2O3S. The molecule has 0 heterocycles. The Bertz CT molecular complexity index is 574. The summed E-state index contributed by atoms with van der Waals surface area (Å²) in [6.45, 7) is 2.70. The standard InChI is InChI=1S/C16H26N2O3S.ClH/c1-2-21-14-9-6-10-15(11-14)22(19,20)18-16(12-17)13-7-4-3-5-8-13;/h6,9-11,13,16,18H,2-5,7-8,12,17H2,1H3;1H. The number of rotatable bonds is 7. The third kappa shape index (κ3) is 5.64. The minimum atomic E-state index is -3.57. The SMILES string of the molecule is CCOc1cccc(S(=O)(=O)NC(CN)C2CCCCC2)c1.Cl. The number of hydrogen-bond acceptors (Lipinski definition) is 4. The van der Waals surface area contributed by atoms with Crippen LogP contribution < -0.4 is 15.2 Å². The summed E-state index contributed by atoms with van der Waals surface area (Å²) in [4.78, 5) is 0.229. The molecule has 0 amide bonds. The number of halogens is 1. The van der Waals surface area contributed by atoms with E-state index >= 15 is 0 Å². The van der Waals surface area contributed by atoms with Crippen molar-refractivity contribution >= 4 is 22.4 Å². The third-order valence-electron chi connectivity index (χ3n) is 4.21. The van der Waals surface area contributed by atoms with Gasteiger partial charge in [-0.2, -0.15) is 0 Å². The smallest absolute Gasteiger partial charge is 0.241 e. The third-order valence-corrected chi connectivity index (χ3v) is 5.69. The zero-order valence-corrected chi connectivity index (χ0v) is 15.2. The fraction of sp³-hybridized carbons (Fsp3) is 0.625. The average Bonchev–Trinajstić information content (AvgIpc) is 2.54. The first-order chi connectivity index (χ1) is 10.6. The van der Waals surface area contributed by atoms with E-state index in [9.17, 15) is 8.42 Å². The van der Waals surface area contributed by atoms with Gasteiger partial charge in [-0.1, -0.05) is 25.3 Å². The van der Waals surface area contributed by atoms with Crippen LogP contribution in [-0.4, -0.2) is 27.6 Å². The fourth-order valence-electron chi connectivity index (χ4n) is 3.04. The Balaban J connectivity index is 0.00000264. The van der Waals surface area contributed by atoms with Crippen LogP contribution in [0.15, 0.2) is 29.2 Å². The highest BCUT2D eigenvalue weighted by Crippen LogP contribution is 2.27. The Morgan fingerprint density at radius 3 is 2.61 bits per heavy atom. The van der Waals surface area contributed by atoms with Crippen molar-refractivity contribution in [3.63, 3.8) is 0 Å². The number of nitrogens with two attached hydrogens (primary N) is 1. The summed E-state index contributed by atoms with van der Waals surface area (Å²) in [6, 6.07) is 6.39. The Morgan fingerprint density at radius 1 is 1.30 bits per heavy atom. The maximum atomic E-state index is 12.6. The Labute approximate surface area is 145 Å². The van der Waals surface area contributed by atoms with Gasteiger partial charge in [0, 0.05) is 18.7 Å². The zero-order valence-electron chi connectivity index (χ0n) is 13.5. The van der Waals surface area contributed by atoms with E-state index in [0.29, 0.717) is 24.8 Å². The molecule has 0 radical (unpaired) electrons. The van der Waals surface area contributed by atoms with Gasteiger partial charge in [-0.3, -0.25) is 0 Å². The lowest BCUT2D eigenvalue weighted by Crippen LogP contribution is -2.45. The monoisotopic (exact) mass is 362 g/mol. The van der Waals surface area contributed by atoms with E-state index in [2.05, 4.69) is 4.72 Å². The molecular weight excluding hydrogens is 336 g/mol. The van der Waals surface area contributed by atoms with Crippen LogP contribution in [0.3, 0.4) is 0 Å². The second-order valence-electron chi connectivity index (χ2n) is 5.77. The van der Waals surface area contributed by atoms with E-state index in [1.165, 1.54) is 6.42 Å². The summed E-state index contributed by atoms with van der Waals surface area (Å²) >= 11 is 0. The van der Waals surface area contributed by atoms with E-state index in [0.717, 1.165) is 25.7 Å². The molecule has 2 rings (SSSR count). The molecule has 1 saturated carbocycles. The predicted molar refractivity (Wildman–Crippen MR) is 94.6 cm³/mol. The van der Waals surface area contributed by atoms with E-state index in [4.69, 9.17) is 10.5 Å². The van der Waals surface area contributed by atoms with Gasteiger partial charge in [-0.05, 0) is 37.8 Å². The highest BCUT2D eigenvalue weighted by atomic mass is 35.5. The quantitative estimate of drug-likeness (QED) is 0.781. The molecule has 0 aromatic heterocycles. The van der Waals surface area contributed by atoms with Crippen LogP contribution >= 0.6 is 12.4 Å². The summed E-state index contributed by atoms with van der Waals surface area (Å²) in [5.74, 6) is 0.899. The van der Waals surface area contributed by atoms with Crippen LogP contribution in [-0.2, 0) is 10.0 Å². The van der Waals surface area contributed by atoms with Crippen molar-refractivity contribution in [2.24, 2.45) is 11.7 Å². The topological polar surface area (TPSA) is 81.4 Å². The Kier molecular flexibility index (Phi) is 8.33. The first-order valence-electron chi connectivity index (χ1n) is 8.02. The maximum absolute atomic E-state index is 12.6. The van der Waals surface area contributed by atoms with Crippen LogP contribution in [0, 0.1) is 5.92 Å². The molecule has 1 atom stereocenters. The van der Waals surface area contributed by atoms with Gasteiger partial charge in [0.25, 0.3) is 0 Å². The minimum absolute atomic E-state index is 0. The molecule has 1 aliphatic carbocycles. The van der Waals surface area contributed by atoms with Crippen LogP contribution in [0.25, 0.3) is 0 Å². The highest BCUT2D eigenvalue weighted by molar-refractivity contribution is 7.89. The first kappa shape index (κ1) is 20.2. The molecule has 1 unspecified atom stereocenters. The highest BCUT2D eigenvalue weighted by Gasteiger charge is 2.27. The predicted octanol–water partition coefficient (Wildman–Crippen LogP) is 2.69. The minimum Gasteiger partial charge on any atom is -0.494 e. The van der Waals surface area contributed by atoms with Crippen molar-refractivity contribution < 1.29 is 13.2 Å². The fourth-order valence-corrected chi connectivity index (χ4v) is 4.39. The number of sulfonamides is 1. The molecule has 1 aliphatic rings. The second-order valence-corrected chi connectivity index (χ2v) is 7.48. The van der Waals surface area contributed by atoms with E-state index in [1.807, 2.05) is 6.92 Å². The van der Waals surface area contributed by atoms with Crippen LogP contribution in [0.1, 0.15) is 39.0 Å². The second kappa shape index (κ2) is 9.47. The zero-order chi connectivity index (χ0) is 16.0. The molecule has 5 nitrogen and oxygen atoms in total. The maximum Gasteiger partial charge on any atom is 0.241 e. The van der Waals surface area contributed by atoms with Gasteiger partial charge >= 0.3 is 0 Å². The van der Waals surface area contributed by atoms with Crippen molar-refractivity contribution in [2.75, 3.05) is 13.2 Å². The largest absolute Gasteiger partial charge is 0.494 e. The van der Waals surface area contributed by atoms with Gasteiger partial charge < -0.3 is 10.5 Å². The molecule has 0 spiro atoms. The summed E-state index contributed by atoms with van der Waals surface area (Å²) in [6.07, 6.45) is 5.63. The summed E-state index contributed by atoms with van der Waals surface area (Å²) in [7, 11) is -3.57. The van der Waals surface area contributed by atoms with Gasteiger partial charge in [0.15, 0.2) is 0 Å². The summed E-state index contributed by atoms with van der Waals surface area (Å²) in [5, 5.41) is 0. The summed E-state index contributed by atoms with van der Waals surface area (Å²) in [5.41, 5.74) is 5.81. The number of ether oxygens (including phenoxy) is 1. The molecule has 0 saturated heterocycles. The Hall–Kier alpha value is -0.820. The van der Waals surface area contributed by atoms with Gasteiger partial charge in [0.2, 0.25) is 10.0 Å². The van der Waals surface area contributed by atoms with Crippen LogP contribution in [0.2, 0.25) is 0 Å². The molecule has 1 aromatic carbocycles. The lowest BCUT2D eigenvalue weighted by molar-refractivity contribution is 0.294. The molecule has 132 valence electrons. The molecule has 0 aliphatic heterocycles. The molecule has 7 heteroatoms. The summed E-state index contributed by atoms with van der Waals surface area (Å²) < 4.78 is 33.3. The van der Waals surface area contributed by atoms with Crippen molar-refractivity contribution in [1.29, 1.82) is 0 Å². The molecule has 0 bridgehead atoms. The first-order valence-corrected chi connectivity index (χ1v) is 9.50. The molecule has 23 heavy (non-hydrogen) atoms. The lowest BCUT2D eigenvalue weighted by atomic mass is 9.84. The van der Waals surface area contributed by atoms with Gasteiger partial charge in [-0.15, -0.1) is 12.4 Å². The molecule has 1 fully saturated rings. The van der Waals surface area contributed by atoms with Gasteiger partial charge in [0.05, 0.1) is 11.5 Å². The van der Waals surface area contributed by atoms with E-state index in [1.54, 1.807) is 24.3 Å². The number of benzene rings is 1. The van der Waals surface area contributed by atoms with E-state index < -0.39 is 10.0 Å². The molecule has 1 aromatic rings. The van der Waals surface area contributed by atoms with Crippen molar-refractivity contribution in [1.82, 2.24) is 4.72 Å². The Morgan fingerprint density at radius 2 is 2.00 bits per heavy atom. The van der Waals surface area contributed by atoms with Crippen LogP contribution in [0.5, 0.6) is 5.75 Å². The van der Waals surface area contributed by atoms with Crippen LogP contribution in [0.4, 0.5) is 0 Å².